The molecule has 0 amide bonds. The van der Waals surface area contributed by atoms with Crippen molar-refractivity contribution in [1.29, 1.82) is 0 Å². The largest absolute Gasteiger partial charge is 0.383 e. The van der Waals surface area contributed by atoms with Crippen molar-refractivity contribution >= 4 is 16.9 Å². The first-order valence-electron chi connectivity index (χ1n) is 7.94. The van der Waals surface area contributed by atoms with Crippen LogP contribution in [0.1, 0.15) is 38.5 Å². The third-order valence-corrected chi connectivity index (χ3v) is 4.41. The standard InChI is InChI=1S/C16H24N4O/c1-21-11-10-20(13-6-4-2-3-5-7-13)16-14-8-9-17-15(14)18-12-19-16/h8-9,12-13H,2-7,10-11H2,1H3,(H,17,18,19). The highest BCUT2D eigenvalue weighted by molar-refractivity contribution is 5.87. The molecular weight excluding hydrogens is 264 g/mol. The van der Waals surface area contributed by atoms with E-state index >= 15 is 0 Å². The fourth-order valence-corrected chi connectivity index (χ4v) is 3.31. The minimum atomic E-state index is 0.565. The van der Waals surface area contributed by atoms with Gasteiger partial charge in [-0.15, -0.1) is 0 Å². The van der Waals surface area contributed by atoms with Gasteiger partial charge in [0.05, 0.1) is 12.0 Å². The number of nitrogens with zero attached hydrogens (tertiary/aromatic N) is 3. The Morgan fingerprint density at radius 1 is 1.24 bits per heavy atom. The van der Waals surface area contributed by atoms with Crippen molar-refractivity contribution in [2.75, 3.05) is 25.2 Å². The summed E-state index contributed by atoms with van der Waals surface area (Å²) in [4.78, 5) is 14.5. The Kier molecular flexibility index (Phi) is 4.70. The number of methoxy groups -OCH3 is 1. The van der Waals surface area contributed by atoms with Crippen LogP contribution in [0.2, 0.25) is 0 Å². The number of anilines is 1. The van der Waals surface area contributed by atoms with E-state index in [1.807, 2.05) is 6.20 Å². The van der Waals surface area contributed by atoms with Crippen LogP contribution in [-0.4, -0.2) is 41.3 Å². The number of nitrogens with one attached hydrogen (secondary N) is 1. The maximum atomic E-state index is 5.32. The van der Waals surface area contributed by atoms with Crippen molar-refractivity contribution in [3.8, 4) is 0 Å². The average Bonchev–Trinajstić information content (AvgIpc) is 2.84. The quantitative estimate of drug-likeness (QED) is 0.859. The monoisotopic (exact) mass is 288 g/mol. The molecule has 0 saturated heterocycles. The smallest absolute Gasteiger partial charge is 0.142 e. The molecule has 1 aliphatic rings. The van der Waals surface area contributed by atoms with Crippen molar-refractivity contribution in [3.63, 3.8) is 0 Å². The Bertz CT molecular complexity index is 560. The summed E-state index contributed by atoms with van der Waals surface area (Å²) < 4.78 is 5.32. The van der Waals surface area contributed by atoms with Gasteiger partial charge in [0.15, 0.2) is 0 Å². The molecule has 2 aromatic rings. The molecule has 5 heteroatoms. The van der Waals surface area contributed by atoms with Gasteiger partial charge in [-0.3, -0.25) is 0 Å². The molecular formula is C16H24N4O. The van der Waals surface area contributed by atoms with Crippen molar-refractivity contribution in [1.82, 2.24) is 15.0 Å². The van der Waals surface area contributed by atoms with Crippen LogP contribution in [0.5, 0.6) is 0 Å². The molecule has 1 aliphatic carbocycles. The van der Waals surface area contributed by atoms with Crippen molar-refractivity contribution in [3.05, 3.63) is 18.6 Å². The Morgan fingerprint density at radius 3 is 2.81 bits per heavy atom. The number of ether oxygens (including phenoxy) is 1. The summed E-state index contributed by atoms with van der Waals surface area (Å²) >= 11 is 0. The van der Waals surface area contributed by atoms with E-state index in [2.05, 4.69) is 25.9 Å². The van der Waals surface area contributed by atoms with E-state index in [0.717, 1.165) is 30.0 Å². The maximum absolute atomic E-state index is 5.32. The number of fused-ring (bicyclic) bond motifs is 1. The van der Waals surface area contributed by atoms with Gasteiger partial charge in [-0.1, -0.05) is 25.7 Å². The highest BCUT2D eigenvalue weighted by Gasteiger charge is 2.23. The highest BCUT2D eigenvalue weighted by atomic mass is 16.5. The van der Waals surface area contributed by atoms with E-state index in [4.69, 9.17) is 4.74 Å². The van der Waals surface area contributed by atoms with Gasteiger partial charge in [0, 0.05) is 25.9 Å². The molecule has 0 spiro atoms. The van der Waals surface area contributed by atoms with Gasteiger partial charge in [-0.25, -0.2) is 9.97 Å². The Morgan fingerprint density at radius 2 is 2.05 bits per heavy atom. The number of H-pyrrole nitrogens is 1. The normalized spacial score (nSPS) is 17.0. The van der Waals surface area contributed by atoms with Crippen LogP contribution in [-0.2, 0) is 4.74 Å². The zero-order valence-electron chi connectivity index (χ0n) is 12.7. The first-order chi connectivity index (χ1) is 10.4. The van der Waals surface area contributed by atoms with E-state index in [1.54, 1.807) is 13.4 Å². The molecule has 1 saturated carbocycles. The van der Waals surface area contributed by atoms with E-state index in [0.29, 0.717) is 6.04 Å². The van der Waals surface area contributed by atoms with Crippen LogP contribution in [0.4, 0.5) is 5.82 Å². The lowest BCUT2D eigenvalue weighted by atomic mass is 10.1. The van der Waals surface area contributed by atoms with Crippen LogP contribution in [0, 0.1) is 0 Å². The summed E-state index contributed by atoms with van der Waals surface area (Å²) in [5, 5.41) is 1.11. The number of aromatic nitrogens is 3. The van der Waals surface area contributed by atoms with E-state index < -0.39 is 0 Å². The molecule has 0 unspecified atom stereocenters. The maximum Gasteiger partial charge on any atom is 0.142 e. The zero-order chi connectivity index (χ0) is 14.5. The molecule has 2 heterocycles. The molecule has 0 aromatic carbocycles. The van der Waals surface area contributed by atoms with Crippen molar-refractivity contribution in [2.45, 2.75) is 44.6 Å². The molecule has 0 aliphatic heterocycles. The van der Waals surface area contributed by atoms with Gasteiger partial charge in [0.2, 0.25) is 0 Å². The third kappa shape index (κ3) is 3.18. The zero-order valence-corrected chi connectivity index (χ0v) is 12.7. The molecule has 1 fully saturated rings. The van der Waals surface area contributed by atoms with Gasteiger partial charge in [0.25, 0.3) is 0 Å². The fraction of sp³-hybridized carbons (Fsp3) is 0.625. The minimum Gasteiger partial charge on any atom is -0.383 e. The van der Waals surface area contributed by atoms with Gasteiger partial charge in [-0.2, -0.15) is 0 Å². The molecule has 0 radical (unpaired) electrons. The summed E-state index contributed by atoms with van der Waals surface area (Å²) in [5.74, 6) is 1.05. The second kappa shape index (κ2) is 6.89. The van der Waals surface area contributed by atoms with Crippen molar-refractivity contribution < 1.29 is 4.74 Å². The minimum absolute atomic E-state index is 0.565. The summed E-state index contributed by atoms with van der Waals surface area (Å²) in [6.07, 6.45) is 11.4. The van der Waals surface area contributed by atoms with Gasteiger partial charge in [0.1, 0.15) is 17.8 Å². The topological polar surface area (TPSA) is 54.0 Å². The highest BCUT2D eigenvalue weighted by Crippen LogP contribution is 2.29. The molecule has 1 N–H and O–H groups in total. The van der Waals surface area contributed by atoms with Crippen LogP contribution in [0.25, 0.3) is 11.0 Å². The summed E-state index contributed by atoms with van der Waals surface area (Å²) in [6.45, 7) is 1.62. The second-order valence-electron chi connectivity index (χ2n) is 5.77. The molecule has 2 aromatic heterocycles. The van der Waals surface area contributed by atoms with E-state index in [1.165, 1.54) is 38.5 Å². The predicted octanol–water partition coefficient (Wildman–Crippen LogP) is 3.13. The average molecular weight is 288 g/mol. The fourth-order valence-electron chi connectivity index (χ4n) is 3.31. The summed E-state index contributed by atoms with van der Waals surface area (Å²) in [5.41, 5.74) is 0.913. The van der Waals surface area contributed by atoms with Gasteiger partial charge >= 0.3 is 0 Å². The molecule has 5 nitrogen and oxygen atoms in total. The predicted molar refractivity (Wildman–Crippen MR) is 84.6 cm³/mol. The Labute approximate surface area is 125 Å². The van der Waals surface area contributed by atoms with Crippen molar-refractivity contribution in [2.24, 2.45) is 0 Å². The Hall–Kier alpha value is -1.62. The number of hydrogen-bond acceptors (Lipinski definition) is 4. The molecule has 0 bridgehead atoms. The third-order valence-electron chi connectivity index (χ3n) is 4.41. The lowest BCUT2D eigenvalue weighted by Crippen LogP contribution is -2.38. The first kappa shape index (κ1) is 14.3. The van der Waals surface area contributed by atoms with Crippen LogP contribution in [0.3, 0.4) is 0 Å². The lowest BCUT2D eigenvalue weighted by Gasteiger charge is -2.32. The van der Waals surface area contributed by atoms with Crippen LogP contribution < -0.4 is 4.90 Å². The van der Waals surface area contributed by atoms with E-state index in [-0.39, 0.29) is 0 Å². The number of rotatable bonds is 5. The molecule has 3 rings (SSSR count). The lowest BCUT2D eigenvalue weighted by molar-refractivity contribution is 0.202. The summed E-state index contributed by atoms with van der Waals surface area (Å²) in [6, 6.07) is 2.64. The SMILES string of the molecule is COCCN(c1ncnc2[nH]ccc12)C1CCCCCC1. The van der Waals surface area contributed by atoms with Crippen LogP contribution in [0.15, 0.2) is 18.6 Å². The molecule has 0 atom stereocenters. The van der Waals surface area contributed by atoms with E-state index in [9.17, 15) is 0 Å². The first-order valence-corrected chi connectivity index (χ1v) is 7.94. The van der Waals surface area contributed by atoms with Gasteiger partial charge in [-0.05, 0) is 18.9 Å². The Balaban J connectivity index is 1.92. The summed E-state index contributed by atoms with van der Waals surface area (Å²) in [7, 11) is 1.76. The second-order valence-corrected chi connectivity index (χ2v) is 5.77. The number of hydrogen-bond donors (Lipinski definition) is 1. The molecule has 114 valence electrons. The van der Waals surface area contributed by atoms with Gasteiger partial charge < -0.3 is 14.6 Å². The molecule has 21 heavy (non-hydrogen) atoms. The van der Waals surface area contributed by atoms with Crippen LogP contribution >= 0.6 is 0 Å². The number of aromatic amines is 1.